The Balaban J connectivity index is 1.51. The van der Waals surface area contributed by atoms with Crippen molar-refractivity contribution >= 4 is 43.9 Å². The van der Waals surface area contributed by atoms with Gasteiger partial charge in [0, 0.05) is 45.6 Å². The average Bonchev–Trinajstić information content (AvgIpc) is 3.13. The molecule has 3 heterocycles. The van der Waals surface area contributed by atoms with Crippen LogP contribution in [0.25, 0.3) is 10.2 Å². The van der Waals surface area contributed by atoms with E-state index in [1.54, 1.807) is 17.7 Å². The van der Waals surface area contributed by atoms with E-state index in [-0.39, 0.29) is 5.25 Å². The Bertz CT molecular complexity index is 951. The van der Waals surface area contributed by atoms with Crippen LogP contribution in [0.5, 0.6) is 0 Å². The first kappa shape index (κ1) is 18.5. The van der Waals surface area contributed by atoms with E-state index in [4.69, 9.17) is 4.74 Å². The largest absolute Gasteiger partial charge is 0.381 e. The molecule has 0 radical (unpaired) electrons. The van der Waals surface area contributed by atoms with Crippen LogP contribution in [0.1, 0.15) is 30.2 Å². The first-order chi connectivity index (χ1) is 13.2. The number of anilines is 2. The molecule has 0 amide bonds. The molecule has 5 nitrogen and oxygen atoms in total. The lowest BCUT2D eigenvalue weighted by Gasteiger charge is -2.21. The minimum atomic E-state index is -0.864. The average molecular weight is 402 g/mol. The lowest BCUT2D eigenvalue weighted by molar-refractivity contribution is 0.0992. The van der Waals surface area contributed by atoms with Gasteiger partial charge in [0.2, 0.25) is 0 Å². The number of aromatic nitrogens is 2. The second-order valence-corrected chi connectivity index (χ2v) is 9.50. The highest BCUT2D eigenvalue weighted by molar-refractivity contribution is 7.84. The SMILES string of the molecule is CCc1cc2c(Nc3cccc(CS(=O)C4CCOCC4)c3)ncnc2s1. The summed E-state index contributed by atoms with van der Waals surface area (Å²) in [6.45, 7) is 3.59. The summed E-state index contributed by atoms with van der Waals surface area (Å²) in [7, 11) is -0.864. The predicted octanol–water partition coefficient (Wildman–Crippen LogP) is 4.43. The van der Waals surface area contributed by atoms with Crippen LogP contribution in [0.15, 0.2) is 36.7 Å². The Hall–Kier alpha value is -1.83. The van der Waals surface area contributed by atoms with Crippen molar-refractivity contribution in [2.24, 2.45) is 0 Å². The number of rotatable bonds is 6. The van der Waals surface area contributed by atoms with Gasteiger partial charge in [-0.2, -0.15) is 0 Å². The van der Waals surface area contributed by atoms with Crippen molar-refractivity contribution in [1.29, 1.82) is 0 Å². The van der Waals surface area contributed by atoms with Gasteiger partial charge in [-0.25, -0.2) is 9.97 Å². The molecule has 1 unspecified atom stereocenters. The smallest absolute Gasteiger partial charge is 0.142 e. The minimum absolute atomic E-state index is 0.245. The summed E-state index contributed by atoms with van der Waals surface area (Å²) >= 11 is 1.71. The first-order valence-corrected chi connectivity index (χ1v) is 11.5. The quantitative estimate of drug-likeness (QED) is 0.662. The Morgan fingerprint density at radius 1 is 1.26 bits per heavy atom. The number of hydrogen-bond donors (Lipinski definition) is 1. The molecule has 1 aliphatic heterocycles. The second-order valence-electron chi connectivity index (χ2n) is 6.67. The Kier molecular flexibility index (Phi) is 5.80. The summed E-state index contributed by atoms with van der Waals surface area (Å²) in [4.78, 5) is 11.1. The number of nitrogens with one attached hydrogen (secondary N) is 1. The zero-order valence-electron chi connectivity index (χ0n) is 15.3. The maximum Gasteiger partial charge on any atom is 0.142 e. The minimum Gasteiger partial charge on any atom is -0.381 e. The molecule has 1 aliphatic rings. The van der Waals surface area contributed by atoms with Gasteiger partial charge in [0.15, 0.2) is 0 Å². The molecule has 7 heteroatoms. The number of fused-ring (bicyclic) bond motifs is 1. The molecule has 27 heavy (non-hydrogen) atoms. The predicted molar refractivity (Wildman–Crippen MR) is 112 cm³/mol. The van der Waals surface area contributed by atoms with Crippen molar-refractivity contribution in [3.63, 3.8) is 0 Å². The van der Waals surface area contributed by atoms with Gasteiger partial charge in [-0.15, -0.1) is 11.3 Å². The van der Waals surface area contributed by atoms with Crippen LogP contribution >= 0.6 is 11.3 Å². The van der Waals surface area contributed by atoms with E-state index in [0.717, 1.165) is 59.8 Å². The monoisotopic (exact) mass is 401 g/mol. The number of nitrogens with zero attached hydrogens (tertiary/aromatic N) is 2. The van der Waals surface area contributed by atoms with Crippen molar-refractivity contribution in [3.8, 4) is 0 Å². The number of benzene rings is 1. The molecule has 0 saturated carbocycles. The van der Waals surface area contributed by atoms with Crippen molar-refractivity contribution in [3.05, 3.63) is 47.1 Å². The zero-order valence-corrected chi connectivity index (χ0v) is 16.9. The third-order valence-electron chi connectivity index (χ3n) is 4.77. The third-order valence-corrected chi connectivity index (χ3v) is 7.79. The molecular weight excluding hydrogens is 378 g/mol. The lowest BCUT2D eigenvalue weighted by Crippen LogP contribution is -2.25. The summed E-state index contributed by atoms with van der Waals surface area (Å²) < 4.78 is 18.0. The molecule has 3 aromatic rings. The first-order valence-electron chi connectivity index (χ1n) is 9.27. The van der Waals surface area contributed by atoms with E-state index >= 15 is 0 Å². The Morgan fingerprint density at radius 2 is 2.11 bits per heavy atom. The van der Waals surface area contributed by atoms with E-state index in [1.807, 2.05) is 18.2 Å². The fourth-order valence-corrected chi connectivity index (χ4v) is 5.67. The van der Waals surface area contributed by atoms with E-state index in [0.29, 0.717) is 5.75 Å². The number of thiophene rings is 1. The third kappa shape index (κ3) is 4.36. The van der Waals surface area contributed by atoms with E-state index in [1.165, 1.54) is 4.88 Å². The van der Waals surface area contributed by atoms with Crippen molar-refractivity contribution in [2.45, 2.75) is 37.2 Å². The molecular formula is C20H23N3O2S2. The van der Waals surface area contributed by atoms with Crippen LogP contribution in [0.2, 0.25) is 0 Å². The van der Waals surface area contributed by atoms with Crippen molar-refractivity contribution in [2.75, 3.05) is 18.5 Å². The molecule has 2 aromatic heterocycles. The summed E-state index contributed by atoms with van der Waals surface area (Å²) in [5.41, 5.74) is 2.04. The summed E-state index contributed by atoms with van der Waals surface area (Å²) in [6, 6.07) is 10.3. The highest BCUT2D eigenvalue weighted by Crippen LogP contribution is 2.30. The fraction of sp³-hybridized carbons (Fsp3) is 0.400. The van der Waals surface area contributed by atoms with E-state index in [2.05, 4.69) is 34.3 Å². The molecule has 4 rings (SSSR count). The van der Waals surface area contributed by atoms with Crippen LogP contribution in [0.4, 0.5) is 11.5 Å². The molecule has 0 spiro atoms. The van der Waals surface area contributed by atoms with Gasteiger partial charge in [-0.3, -0.25) is 4.21 Å². The van der Waals surface area contributed by atoms with E-state index < -0.39 is 10.8 Å². The van der Waals surface area contributed by atoms with Crippen LogP contribution in [0, 0.1) is 0 Å². The van der Waals surface area contributed by atoms with Gasteiger partial charge >= 0.3 is 0 Å². The highest BCUT2D eigenvalue weighted by atomic mass is 32.2. The maximum atomic E-state index is 12.7. The summed E-state index contributed by atoms with van der Waals surface area (Å²) in [5, 5.41) is 4.71. The molecule has 142 valence electrons. The van der Waals surface area contributed by atoms with Crippen LogP contribution in [-0.4, -0.2) is 32.6 Å². The topological polar surface area (TPSA) is 64.1 Å². The highest BCUT2D eigenvalue weighted by Gasteiger charge is 2.20. The fourth-order valence-electron chi connectivity index (χ4n) is 3.28. The molecule has 1 saturated heterocycles. The van der Waals surface area contributed by atoms with Crippen LogP contribution in [0.3, 0.4) is 0 Å². The van der Waals surface area contributed by atoms with Gasteiger partial charge in [0.1, 0.15) is 17.0 Å². The Morgan fingerprint density at radius 3 is 2.93 bits per heavy atom. The molecule has 1 fully saturated rings. The normalized spacial score (nSPS) is 16.5. The summed E-state index contributed by atoms with van der Waals surface area (Å²) in [5.74, 6) is 1.40. The molecule has 1 atom stereocenters. The number of aryl methyl sites for hydroxylation is 1. The van der Waals surface area contributed by atoms with Gasteiger partial charge in [0.25, 0.3) is 0 Å². The van der Waals surface area contributed by atoms with Gasteiger partial charge in [-0.05, 0) is 43.0 Å². The molecule has 0 bridgehead atoms. The van der Waals surface area contributed by atoms with Crippen LogP contribution < -0.4 is 5.32 Å². The molecule has 1 N–H and O–H groups in total. The summed E-state index contributed by atoms with van der Waals surface area (Å²) in [6.07, 6.45) is 4.38. The van der Waals surface area contributed by atoms with Gasteiger partial charge in [-0.1, -0.05) is 19.1 Å². The molecule has 1 aromatic carbocycles. The maximum absolute atomic E-state index is 12.7. The number of ether oxygens (including phenoxy) is 1. The van der Waals surface area contributed by atoms with Gasteiger partial charge in [0.05, 0.1) is 5.39 Å². The standard InChI is InChI=1S/C20H23N3O2S2/c1-2-16-11-18-19(21-13-22-20(18)26-16)23-15-5-3-4-14(10-15)12-27(24)17-6-8-25-9-7-17/h3-5,10-11,13,17H,2,6-9,12H2,1H3,(H,21,22,23). The van der Waals surface area contributed by atoms with Crippen molar-refractivity contribution < 1.29 is 8.95 Å². The molecule has 0 aliphatic carbocycles. The lowest BCUT2D eigenvalue weighted by atomic mass is 10.2. The Labute approximate surface area is 165 Å². The second kappa shape index (κ2) is 8.46. The van der Waals surface area contributed by atoms with Crippen molar-refractivity contribution in [1.82, 2.24) is 9.97 Å². The van der Waals surface area contributed by atoms with E-state index in [9.17, 15) is 4.21 Å². The zero-order chi connectivity index (χ0) is 18.6. The van der Waals surface area contributed by atoms with Crippen LogP contribution in [-0.2, 0) is 27.7 Å². The van der Waals surface area contributed by atoms with Gasteiger partial charge < -0.3 is 10.1 Å². The number of hydrogen-bond acceptors (Lipinski definition) is 6.